The summed E-state index contributed by atoms with van der Waals surface area (Å²) in [7, 11) is 1.38. The highest BCUT2D eigenvalue weighted by molar-refractivity contribution is 5.77. The molecule has 0 bridgehead atoms. The van der Waals surface area contributed by atoms with Gasteiger partial charge in [0.15, 0.2) is 6.10 Å². The van der Waals surface area contributed by atoms with Crippen LogP contribution in [0.5, 0.6) is 0 Å². The van der Waals surface area contributed by atoms with Crippen molar-refractivity contribution in [2.24, 2.45) is 5.92 Å². The molecule has 16 heavy (non-hydrogen) atoms. The molecule has 0 aromatic heterocycles. The van der Waals surface area contributed by atoms with E-state index in [2.05, 4.69) is 24.7 Å². The summed E-state index contributed by atoms with van der Waals surface area (Å²) >= 11 is 0. The number of esters is 1. The molecule has 0 saturated heterocycles. The van der Waals surface area contributed by atoms with Gasteiger partial charge in [-0.15, -0.1) is 0 Å². The molecule has 0 N–H and O–H groups in total. The Morgan fingerprint density at radius 2 is 2.19 bits per heavy atom. The molecule has 1 aliphatic rings. The lowest BCUT2D eigenvalue weighted by molar-refractivity contribution is -0.154. The van der Waals surface area contributed by atoms with Crippen molar-refractivity contribution in [1.82, 2.24) is 0 Å². The first-order valence-electron chi connectivity index (χ1n) is 5.68. The van der Waals surface area contributed by atoms with Gasteiger partial charge in [-0.1, -0.05) is 26.0 Å². The minimum atomic E-state index is -0.564. The molecule has 3 nitrogen and oxygen atoms in total. The van der Waals surface area contributed by atoms with Crippen molar-refractivity contribution in [3.8, 4) is 0 Å². The normalized spacial score (nSPS) is 30.2. The van der Waals surface area contributed by atoms with Crippen molar-refractivity contribution in [1.29, 1.82) is 0 Å². The van der Waals surface area contributed by atoms with Crippen LogP contribution in [0.4, 0.5) is 0 Å². The van der Waals surface area contributed by atoms with E-state index in [1.807, 2.05) is 13.0 Å². The molecule has 1 heterocycles. The highest BCUT2D eigenvalue weighted by atomic mass is 16.6. The Morgan fingerprint density at radius 1 is 1.50 bits per heavy atom. The fourth-order valence-electron chi connectivity index (χ4n) is 1.91. The number of allylic oxidation sites excluding steroid dienone is 1. The van der Waals surface area contributed by atoms with Gasteiger partial charge in [0.25, 0.3) is 0 Å². The van der Waals surface area contributed by atoms with Crippen molar-refractivity contribution in [3.63, 3.8) is 0 Å². The molecule has 0 aromatic carbocycles. The Bertz CT molecular complexity index is 304. The fourth-order valence-corrected chi connectivity index (χ4v) is 1.91. The maximum atomic E-state index is 11.4. The molecule has 90 valence electrons. The molecule has 0 aliphatic carbocycles. The molecule has 3 atom stereocenters. The van der Waals surface area contributed by atoms with E-state index in [9.17, 15) is 4.79 Å². The molecule has 1 rings (SSSR count). The third kappa shape index (κ3) is 2.95. The summed E-state index contributed by atoms with van der Waals surface area (Å²) in [6.07, 6.45) is 6.31. The zero-order valence-corrected chi connectivity index (χ0v) is 10.4. The predicted molar refractivity (Wildman–Crippen MR) is 63.0 cm³/mol. The van der Waals surface area contributed by atoms with Crippen LogP contribution < -0.4 is 0 Å². The van der Waals surface area contributed by atoms with Gasteiger partial charge >= 0.3 is 5.97 Å². The van der Waals surface area contributed by atoms with Crippen LogP contribution >= 0.6 is 0 Å². The number of carbonyl (C=O) groups excluding carboxylic acids is 1. The number of rotatable bonds is 3. The third-order valence-electron chi connectivity index (χ3n) is 2.77. The van der Waals surface area contributed by atoms with Crippen molar-refractivity contribution < 1.29 is 14.3 Å². The van der Waals surface area contributed by atoms with Crippen LogP contribution in [0, 0.1) is 5.92 Å². The SMILES string of the molecule is CC/C=C(\C)[C@H]1O[C@H](C(=O)OC)C=C[C@@H]1C. The standard InChI is InChI=1S/C13H20O3/c1-5-6-9(2)12-10(3)7-8-11(16-12)13(14)15-4/h6-8,10-12H,5H2,1-4H3/b9-6+/t10-,11-,12+/m0/s1. The Morgan fingerprint density at radius 3 is 2.75 bits per heavy atom. The lowest BCUT2D eigenvalue weighted by Crippen LogP contribution is -2.36. The summed E-state index contributed by atoms with van der Waals surface area (Å²) in [6.45, 7) is 6.21. The summed E-state index contributed by atoms with van der Waals surface area (Å²) < 4.78 is 10.4. The fraction of sp³-hybridized carbons (Fsp3) is 0.615. The predicted octanol–water partition coefficient (Wildman–Crippen LogP) is 2.48. The first-order chi connectivity index (χ1) is 7.60. The Balaban J connectivity index is 2.78. The summed E-state index contributed by atoms with van der Waals surface area (Å²) in [5.74, 6) is -0.0406. The largest absolute Gasteiger partial charge is 0.467 e. The number of hydrogen-bond acceptors (Lipinski definition) is 3. The van der Waals surface area contributed by atoms with Gasteiger partial charge in [-0.2, -0.15) is 0 Å². The third-order valence-corrected chi connectivity index (χ3v) is 2.77. The maximum Gasteiger partial charge on any atom is 0.339 e. The Hall–Kier alpha value is -1.09. The molecule has 0 radical (unpaired) electrons. The molecular weight excluding hydrogens is 204 g/mol. The van der Waals surface area contributed by atoms with Crippen LogP contribution in [-0.4, -0.2) is 25.3 Å². The number of ether oxygens (including phenoxy) is 2. The van der Waals surface area contributed by atoms with E-state index in [4.69, 9.17) is 4.74 Å². The molecule has 0 unspecified atom stereocenters. The Kier molecular flexibility index (Phi) is 4.74. The van der Waals surface area contributed by atoms with Crippen LogP contribution in [0.25, 0.3) is 0 Å². The second-order valence-electron chi connectivity index (χ2n) is 4.10. The maximum absolute atomic E-state index is 11.4. The number of carbonyl (C=O) groups is 1. The van der Waals surface area contributed by atoms with Crippen LogP contribution in [0.2, 0.25) is 0 Å². The zero-order valence-electron chi connectivity index (χ0n) is 10.4. The second kappa shape index (κ2) is 5.85. The lowest BCUT2D eigenvalue weighted by atomic mass is 9.94. The first kappa shape index (κ1) is 13.0. The van der Waals surface area contributed by atoms with Gasteiger partial charge in [0.1, 0.15) is 0 Å². The van der Waals surface area contributed by atoms with E-state index in [0.29, 0.717) is 5.92 Å². The number of hydrogen-bond donors (Lipinski definition) is 0. The van der Waals surface area contributed by atoms with Crippen LogP contribution in [0.3, 0.4) is 0 Å². The molecule has 3 heteroatoms. The van der Waals surface area contributed by atoms with E-state index < -0.39 is 6.10 Å². The van der Waals surface area contributed by atoms with Gasteiger partial charge in [-0.3, -0.25) is 0 Å². The molecule has 0 amide bonds. The highest BCUT2D eigenvalue weighted by Gasteiger charge is 2.29. The molecule has 0 saturated carbocycles. The van der Waals surface area contributed by atoms with Crippen molar-refractivity contribution in [2.45, 2.75) is 39.4 Å². The average Bonchev–Trinajstić information content (AvgIpc) is 2.29. The van der Waals surface area contributed by atoms with Crippen LogP contribution in [0.1, 0.15) is 27.2 Å². The molecule has 0 spiro atoms. The van der Waals surface area contributed by atoms with Crippen molar-refractivity contribution >= 4 is 5.97 Å². The quantitative estimate of drug-likeness (QED) is 0.545. The summed E-state index contributed by atoms with van der Waals surface area (Å²) in [5.41, 5.74) is 1.17. The highest BCUT2D eigenvalue weighted by Crippen LogP contribution is 2.25. The Labute approximate surface area is 97.1 Å². The van der Waals surface area contributed by atoms with Gasteiger partial charge in [0, 0.05) is 5.92 Å². The summed E-state index contributed by atoms with van der Waals surface area (Å²) in [4.78, 5) is 11.4. The zero-order chi connectivity index (χ0) is 12.1. The average molecular weight is 224 g/mol. The first-order valence-corrected chi connectivity index (χ1v) is 5.68. The van der Waals surface area contributed by atoms with Crippen LogP contribution in [0.15, 0.2) is 23.8 Å². The summed E-state index contributed by atoms with van der Waals surface area (Å²) in [5, 5.41) is 0. The minimum Gasteiger partial charge on any atom is -0.467 e. The molecule has 0 aromatic rings. The van der Waals surface area contributed by atoms with Gasteiger partial charge in [-0.05, 0) is 25.0 Å². The van der Waals surface area contributed by atoms with Gasteiger partial charge in [0.2, 0.25) is 0 Å². The second-order valence-corrected chi connectivity index (χ2v) is 4.10. The summed E-state index contributed by atoms with van der Waals surface area (Å²) in [6, 6.07) is 0. The van der Waals surface area contributed by atoms with E-state index >= 15 is 0 Å². The molecular formula is C13H20O3. The lowest BCUT2D eigenvalue weighted by Gasteiger charge is -2.30. The van der Waals surface area contributed by atoms with Gasteiger partial charge < -0.3 is 9.47 Å². The van der Waals surface area contributed by atoms with Crippen molar-refractivity contribution in [2.75, 3.05) is 7.11 Å². The minimum absolute atomic E-state index is 0.0194. The van der Waals surface area contributed by atoms with E-state index in [1.54, 1.807) is 6.08 Å². The van der Waals surface area contributed by atoms with E-state index in [-0.39, 0.29) is 12.1 Å². The molecule has 1 aliphatic heterocycles. The van der Waals surface area contributed by atoms with Crippen molar-refractivity contribution in [3.05, 3.63) is 23.8 Å². The van der Waals surface area contributed by atoms with Crippen LogP contribution in [-0.2, 0) is 14.3 Å². The smallest absolute Gasteiger partial charge is 0.339 e. The van der Waals surface area contributed by atoms with E-state index in [1.165, 1.54) is 12.7 Å². The number of methoxy groups -OCH3 is 1. The van der Waals surface area contributed by atoms with Gasteiger partial charge in [0.05, 0.1) is 13.2 Å². The molecule has 0 fully saturated rings. The van der Waals surface area contributed by atoms with E-state index in [0.717, 1.165) is 6.42 Å². The van der Waals surface area contributed by atoms with Gasteiger partial charge in [-0.25, -0.2) is 4.79 Å². The monoisotopic (exact) mass is 224 g/mol. The topological polar surface area (TPSA) is 35.5 Å².